The minimum atomic E-state index is -0.293. The summed E-state index contributed by atoms with van der Waals surface area (Å²) in [4.78, 5) is 4.51. The van der Waals surface area contributed by atoms with E-state index < -0.39 is 0 Å². The predicted molar refractivity (Wildman–Crippen MR) is 70.5 cm³/mol. The molecule has 5 nitrogen and oxygen atoms in total. The van der Waals surface area contributed by atoms with Crippen molar-refractivity contribution >= 4 is 0 Å². The van der Waals surface area contributed by atoms with Gasteiger partial charge in [0.1, 0.15) is 0 Å². The van der Waals surface area contributed by atoms with Crippen LogP contribution in [0.3, 0.4) is 0 Å². The van der Waals surface area contributed by atoms with E-state index in [0.717, 1.165) is 17.7 Å². The molecule has 2 aliphatic rings. The maximum absolute atomic E-state index is 6.02. The van der Waals surface area contributed by atoms with Crippen LogP contribution in [0.5, 0.6) is 0 Å². The fraction of sp³-hybridized carbons (Fsp3) is 0.857. The summed E-state index contributed by atoms with van der Waals surface area (Å²) < 4.78 is 10.9. The van der Waals surface area contributed by atoms with Crippen LogP contribution in [-0.4, -0.2) is 22.9 Å². The molecular formula is C14H23N3O2. The molecule has 0 aromatic carbocycles. The zero-order valence-corrected chi connectivity index (χ0v) is 11.7. The number of hydrogen-bond donors (Lipinski definition) is 1. The van der Waals surface area contributed by atoms with Crippen LogP contribution < -0.4 is 5.73 Å². The first-order valence-corrected chi connectivity index (χ1v) is 7.34. The van der Waals surface area contributed by atoms with E-state index in [1.165, 1.54) is 25.7 Å². The Morgan fingerprint density at radius 3 is 2.84 bits per heavy atom. The Morgan fingerprint density at radius 1 is 1.37 bits per heavy atom. The molecule has 3 rings (SSSR count). The van der Waals surface area contributed by atoms with Crippen LogP contribution >= 0.6 is 0 Å². The molecule has 106 valence electrons. The largest absolute Gasteiger partial charge is 0.377 e. The number of hydrogen-bond acceptors (Lipinski definition) is 5. The van der Waals surface area contributed by atoms with Crippen LogP contribution in [0.2, 0.25) is 0 Å². The monoisotopic (exact) mass is 265 g/mol. The highest BCUT2D eigenvalue weighted by Gasteiger charge is 2.43. The van der Waals surface area contributed by atoms with Crippen LogP contribution in [0, 0.1) is 11.8 Å². The van der Waals surface area contributed by atoms with Crippen LogP contribution in [0.1, 0.15) is 63.2 Å². The first-order chi connectivity index (χ1) is 9.13. The zero-order chi connectivity index (χ0) is 13.4. The van der Waals surface area contributed by atoms with Crippen LogP contribution in [0.4, 0.5) is 0 Å². The molecule has 1 aromatic rings. The van der Waals surface area contributed by atoms with Gasteiger partial charge < -0.3 is 15.0 Å². The lowest BCUT2D eigenvalue weighted by Crippen LogP contribution is -2.21. The second kappa shape index (κ2) is 5.21. The van der Waals surface area contributed by atoms with Gasteiger partial charge >= 0.3 is 0 Å². The number of nitrogens with zero attached hydrogens (tertiary/aromatic N) is 2. The number of fused-ring (bicyclic) bond motifs is 2. The molecule has 0 amide bonds. The lowest BCUT2D eigenvalue weighted by molar-refractivity contribution is 0.0665. The van der Waals surface area contributed by atoms with Gasteiger partial charge in [-0.15, -0.1) is 0 Å². The summed E-state index contributed by atoms with van der Waals surface area (Å²) >= 11 is 0. The van der Waals surface area contributed by atoms with E-state index in [4.69, 9.17) is 15.0 Å². The van der Waals surface area contributed by atoms with Gasteiger partial charge in [-0.3, -0.25) is 0 Å². The van der Waals surface area contributed by atoms with Gasteiger partial charge in [-0.1, -0.05) is 11.6 Å². The average Bonchev–Trinajstić information content (AvgIpc) is 3.09. The highest BCUT2D eigenvalue weighted by molar-refractivity contribution is 5.06. The molecular weight excluding hydrogens is 242 g/mol. The van der Waals surface area contributed by atoms with E-state index in [1.54, 1.807) is 0 Å². The molecule has 4 unspecified atom stereocenters. The Hall–Kier alpha value is -0.940. The summed E-state index contributed by atoms with van der Waals surface area (Å²) in [5.41, 5.74) is 6.02. The summed E-state index contributed by atoms with van der Waals surface area (Å²) in [7, 11) is 0. The van der Waals surface area contributed by atoms with Gasteiger partial charge in [0.2, 0.25) is 5.89 Å². The van der Waals surface area contributed by atoms with Crippen LogP contribution in [0.25, 0.3) is 0 Å². The van der Waals surface area contributed by atoms with E-state index in [0.29, 0.717) is 18.3 Å². The van der Waals surface area contributed by atoms with Gasteiger partial charge in [0.25, 0.3) is 0 Å². The molecule has 5 heteroatoms. The third-order valence-electron chi connectivity index (χ3n) is 4.45. The van der Waals surface area contributed by atoms with E-state index in [-0.39, 0.29) is 12.1 Å². The quantitative estimate of drug-likeness (QED) is 0.884. The molecule has 0 spiro atoms. The average molecular weight is 265 g/mol. The molecule has 0 radical (unpaired) electrons. The number of ether oxygens (including phenoxy) is 1. The highest BCUT2D eigenvalue weighted by atomic mass is 16.5. The van der Waals surface area contributed by atoms with E-state index in [2.05, 4.69) is 10.1 Å². The Morgan fingerprint density at radius 2 is 2.21 bits per heavy atom. The molecule has 0 saturated heterocycles. The third-order valence-corrected chi connectivity index (χ3v) is 4.45. The Kier molecular flexibility index (Phi) is 3.58. The third kappa shape index (κ3) is 2.67. The highest BCUT2D eigenvalue weighted by Crippen LogP contribution is 2.52. The summed E-state index contributed by atoms with van der Waals surface area (Å²) in [6.07, 6.45) is 5.41. The van der Waals surface area contributed by atoms with Gasteiger partial charge in [0, 0.05) is 5.92 Å². The van der Waals surface area contributed by atoms with Gasteiger partial charge in [0.15, 0.2) is 5.82 Å². The van der Waals surface area contributed by atoms with Gasteiger partial charge in [-0.05, 0) is 44.9 Å². The summed E-state index contributed by atoms with van der Waals surface area (Å²) in [6, 6.07) is -0.293. The van der Waals surface area contributed by atoms with Crippen molar-refractivity contribution in [1.82, 2.24) is 10.1 Å². The van der Waals surface area contributed by atoms with Crippen molar-refractivity contribution in [2.24, 2.45) is 17.6 Å². The molecule has 1 heterocycles. The Labute approximate surface area is 113 Å². The fourth-order valence-electron chi connectivity index (χ4n) is 3.47. The lowest BCUT2D eigenvalue weighted by Gasteiger charge is -2.17. The fourth-order valence-corrected chi connectivity index (χ4v) is 3.47. The summed E-state index contributed by atoms with van der Waals surface area (Å²) in [6.45, 7) is 4.42. The van der Waals surface area contributed by atoms with Gasteiger partial charge in [-0.2, -0.15) is 4.98 Å². The second-order valence-corrected chi connectivity index (χ2v) is 6.26. The number of aromatic nitrogens is 2. The maximum Gasteiger partial charge on any atom is 0.230 e. The lowest BCUT2D eigenvalue weighted by atomic mass is 9.89. The van der Waals surface area contributed by atoms with Crippen LogP contribution in [-0.2, 0) is 4.74 Å². The van der Waals surface area contributed by atoms with Crippen molar-refractivity contribution in [3.63, 3.8) is 0 Å². The number of nitrogens with two attached hydrogens (primary N) is 1. The maximum atomic E-state index is 6.02. The van der Waals surface area contributed by atoms with E-state index >= 15 is 0 Å². The smallest absolute Gasteiger partial charge is 0.230 e. The Bertz CT molecular complexity index is 432. The molecule has 2 fully saturated rings. The second-order valence-electron chi connectivity index (χ2n) is 6.26. The van der Waals surface area contributed by atoms with Crippen molar-refractivity contribution in [3.8, 4) is 0 Å². The van der Waals surface area contributed by atoms with E-state index in [1.807, 2.05) is 13.8 Å². The minimum absolute atomic E-state index is 0.169. The summed E-state index contributed by atoms with van der Waals surface area (Å²) in [5.74, 6) is 3.48. The predicted octanol–water partition coefficient (Wildman–Crippen LogP) is 2.40. The normalized spacial score (nSPS) is 31.3. The van der Waals surface area contributed by atoms with Crippen molar-refractivity contribution in [3.05, 3.63) is 11.7 Å². The molecule has 19 heavy (non-hydrogen) atoms. The first-order valence-electron chi connectivity index (χ1n) is 7.34. The standard InChI is InChI=1S/C14H23N3O2/c1-8(2)18-7-12(15)13-16-14(19-17-13)11-6-9-3-4-10(11)5-9/h8-12H,3-7,15H2,1-2H3. The van der Waals surface area contributed by atoms with Crippen molar-refractivity contribution < 1.29 is 9.26 Å². The number of rotatable bonds is 5. The minimum Gasteiger partial charge on any atom is -0.377 e. The summed E-state index contributed by atoms with van der Waals surface area (Å²) in [5, 5.41) is 4.03. The molecule has 2 N–H and O–H groups in total. The topological polar surface area (TPSA) is 74.2 Å². The first kappa shape index (κ1) is 13.1. The van der Waals surface area contributed by atoms with Gasteiger partial charge in [-0.25, -0.2) is 0 Å². The molecule has 2 aliphatic carbocycles. The molecule has 0 aliphatic heterocycles. The molecule has 2 bridgehead atoms. The molecule has 1 aromatic heterocycles. The van der Waals surface area contributed by atoms with E-state index in [9.17, 15) is 0 Å². The Balaban J connectivity index is 1.63. The van der Waals surface area contributed by atoms with Crippen molar-refractivity contribution in [2.45, 2.75) is 57.6 Å². The van der Waals surface area contributed by atoms with Crippen molar-refractivity contribution in [1.29, 1.82) is 0 Å². The zero-order valence-electron chi connectivity index (χ0n) is 11.7. The van der Waals surface area contributed by atoms with Crippen molar-refractivity contribution in [2.75, 3.05) is 6.61 Å². The molecule has 2 saturated carbocycles. The van der Waals surface area contributed by atoms with Crippen LogP contribution in [0.15, 0.2) is 4.52 Å². The van der Waals surface area contributed by atoms with Gasteiger partial charge in [0.05, 0.1) is 18.8 Å². The molecule has 4 atom stereocenters. The SMILES string of the molecule is CC(C)OCC(N)c1noc(C2CC3CCC2C3)n1.